The van der Waals surface area contributed by atoms with Gasteiger partial charge in [-0.3, -0.25) is 0 Å². The molecule has 0 spiro atoms. The summed E-state index contributed by atoms with van der Waals surface area (Å²) in [5.74, 6) is 0. The van der Waals surface area contributed by atoms with Gasteiger partial charge in [-0.15, -0.1) is 22.7 Å². The third-order valence-corrected chi connectivity index (χ3v) is 13.3. The Morgan fingerprint density at radius 1 is 0.309 bits per heavy atom. The predicted molar refractivity (Wildman–Crippen MR) is 241 cm³/mol. The number of hydrogen-bond acceptors (Lipinski definition) is 3. The monoisotopic (exact) mass is 735 g/mol. The van der Waals surface area contributed by atoms with Crippen LogP contribution in [0.15, 0.2) is 200 Å². The summed E-state index contributed by atoms with van der Waals surface area (Å²) in [4.78, 5) is 2.45. The lowest BCUT2D eigenvalue weighted by Gasteiger charge is -2.29. The van der Waals surface area contributed by atoms with Gasteiger partial charge in [0.05, 0.1) is 5.69 Å². The first-order valence-corrected chi connectivity index (χ1v) is 20.3. The molecule has 0 radical (unpaired) electrons. The minimum Gasteiger partial charge on any atom is -0.310 e. The van der Waals surface area contributed by atoms with E-state index in [1.807, 2.05) is 22.7 Å². The van der Waals surface area contributed by atoms with E-state index in [0.29, 0.717) is 0 Å². The molecule has 55 heavy (non-hydrogen) atoms. The predicted octanol–water partition coefficient (Wildman–Crippen LogP) is 16.0. The number of rotatable bonds is 6. The summed E-state index contributed by atoms with van der Waals surface area (Å²) in [5.41, 5.74) is 10.7. The third-order valence-electron chi connectivity index (χ3n) is 10.8. The van der Waals surface area contributed by atoms with Crippen LogP contribution < -0.4 is 4.90 Å². The number of para-hydroxylation sites is 1. The molecule has 258 valence electrons. The van der Waals surface area contributed by atoms with Crippen LogP contribution in [0, 0.1) is 0 Å². The molecule has 0 aliphatic heterocycles. The molecular formula is C52H33NS2. The van der Waals surface area contributed by atoms with Crippen molar-refractivity contribution < 1.29 is 0 Å². The first-order chi connectivity index (χ1) is 27.3. The molecule has 0 N–H and O–H groups in total. The SMILES string of the molecule is c1cc(-c2cccc3c2sc2ccccc23)cc(N(c2cccc(-c3cccc4c3sc3ccccc34)c2)c2ccccc2-c2ccc3ccccc3c2)c1. The second-order valence-electron chi connectivity index (χ2n) is 14.1. The summed E-state index contributed by atoms with van der Waals surface area (Å²) in [6, 6.07) is 73.5. The molecule has 9 aromatic carbocycles. The fraction of sp³-hybridized carbons (Fsp3) is 0. The molecule has 0 fully saturated rings. The van der Waals surface area contributed by atoms with Crippen LogP contribution in [0.1, 0.15) is 0 Å². The molecule has 0 bridgehead atoms. The maximum Gasteiger partial charge on any atom is 0.0540 e. The average Bonchev–Trinajstić information content (AvgIpc) is 3.83. The Labute approximate surface area is 327 Å². The molecular weight excluding hydrogens is 703 g/mol. The Balaban J connectivity index is 1.12. The molecule has 0 unspecified atom stereocenters. The van der Waals surface area contributed by atoms with Crippen molar-refractivity contribution in [2.24, 2.45) is 0 Å². The normalized spacial score (nSPS) is 11.6. The van der Waals surface area contributed by atoms with Crippen molar-refractivity contribution in [3.8, 4) is 33.4 Å². The second-order valence-corrected chi connectivity index (χ2v) is 16.2. The Morgan fingerprint density at radius 2 is 0.782 bits per heavy atom. The topological polar surface area (TPSA) is 3.24 Å². The third kappa shape index (κ3) is 5.43. The molecule has 0 saturated carbocycles. The Bertz CT molecular complexity index is 3080. The van der Waals surface area contributed by atoms with E-state index in [0.717, 1.165) is 17.1 Å². The second kappa shape index (κ2) is 13.1. The lowest BCUT2D eigenvalue weighted by Crippen LogP contribution is -2.11. The van der Waals surface area contributed by atoms with Crippen LogP contribution in [-0.2, 0) is 0 Å². The molecule has 1 nitrogen and oxygen atoms in total. The van der Waals surface area contributed by atoms with Crippen molar-refractivity contribution >= 4 is 90.9 Å². The number of hydrogen-bond donors (Lipinski definition) is 0. The first kappa shape index (κ1) is 32.0. The van der Waals surface area contributed by atoms with Gasteiger partial charge in [-0.1, -0.05) is 152 Å². The van der Waals surface area contributed by atoms with E-state index in [9.17, 15) is 0 Å². The van der Waals surface area contributed by atoms with Gasteiger partial charge in [0.15, 0.2) is 0 Å². The van der Waals surface area contributed by atoms with Gasteiger partial charge in [-0.2, -0.15) is 0 Å². The van der Waals surface area contributed by atoms with E-state index in [1.54, 1.807) is 0 Å². The molecule has 11 rings (SSSR count). The number of nitrogens with zero attached hydrogens (tertiary/aromatic N) is 1. The van der Waals surface area contributed by atoms with Crippen molar-refractivity contribution in [1.29, 1.82) is 0 Å². The van der Waals surface area contributed by atoms with Crippen LogP contribution in [0.5, 0.6) is 0 Å². The quantitative estimate of drug-likeness (QED) is 0.164. The van der Waals surface area contributed by atoms with Crippen molar-refractivity contribution in [2.45, 2.75) is 0 Å². The minimum atomic E-state index is 1.11. The lowest BCUT2D eigenvalue weighted by atomic mass is 9.97. The molecule has 11 aromatic rings. The van der Waals surface area contributed by atoms with Crippen LogP contribution in [-0.4, -0.2) is 0 Å². The van der Waals surface area contributed by atoms with Crippen LogP contribution in [0.4, 0.5) is 17.1 Å². The van der Waals surface area contributed by atoms with Crippen molar-refractivity contribution in [2.75, 3.05) is 4.90 Å². The standard InChI is InChI=1S/C52H33NS2/c1-2-14-35-31-38(30-29-34(35)13-1)41-19-3-6-26-48(41)53(39-17-9-15-36(32-39)42-22-11-24-46-44-20-4-7-27-49(44)54-51(42)46)40-18-10-16-37(33-40)43-23-12-25-47-45-21-5-8-28-50(45)55-52(43)47/h1-33H. The average molecular weight is 736 g/mol. The Hall–Kier alpha value is -6.52. The van der Waals surface area contributed by atoms with E-state index in [2.05, 4.69) is 205 Å². The fourth-order valence-corrected chi connectivity index (χ4v) is 10.7. The Morgan fingerprint density at radius 3 is 1.42 bits per heavy atom. The van der Waals surface area contributed by atoms with E-state index in [1.165, 1.54) is 84.5 Å². The van der Waals surface area contributed by atoms with Crippen LogP contribution in [0.25, 0.3) is 84.5 Å². The van der Waals surface area contributed by atoms with Gasteiger partial charge >= 0.3 is 0 Å². The summed E-state index contributed by atoms with van der Waals surface area (Å²) in [6.45, 7) is 0. The largest absolute Gasteiger partial charge is 0.310 e. The molecule has 0 aliphatic carbocycles. The maximum absolute atomic E-state index is 2.45. The zero-order valence-electron chi connectivity index (χ0n) is 29.8. The highest BCUT2D eigenvalue weighted by Gasteiger charge is 2.20. The van der Waals surface area contributed by atoms with Gasteiger partial charge in [0.25, 0.3) is 0 Å². The van der Waals surface area contributed by atoms with Gasteiger partial charge in [0, 0.05) is 57.3 Å². The van der Waals surface area contributed by atoms with Gasteiger partial charge < -0.3 is 4.90 Å². The van der Waals surface area contributed by atoms with Gasteiger partial charge in [0.1, 0.15) is 0 Å². The van der Waals surface area contributed by atoms with Crippen LogP contribution in [0.3, 0.4) is 0 Å². The summed E-state index contributed by atoms with van der Waals surface area (Å²) in [5, 5.41) is 7.73. The van der Waals surface area contributed by atoms with E-state index in [-0.39, 0.29) is 0 Å². The molecule has 0 saturated heterocycles. The summed E-state index contributed by atoms with van der Waals surface area (Å²) >= 11 is 3.76. The minimum absolute atomic E-state index is 1.11. The fourth-order valence-electron chi connectivity index (χ4n) is 8.27. The molecule has 2 heterocycles. The molecule has 2 aromatic heterocycles. The lowest BCUT2D eigenvalue weighted by molar-refractivity contribution is 1.28. The highest BCUT2D eigenvalue weighted by Crippen LogP contribution is 2.46. The van der Waals surface area contributed by atoms with Crippen LogP contribution in [0.2, 0.25) is 0 Å². The van der Waals surface area contributed by atoms with Gasteiger partial charge in [0.2, 0.25) is 0 Å². The maximum atomic E-state index is 2.45. The molecule has 0 atom stereocenters. The van der Waals surface area contributed by atoms with E-state index in [4.69, 9.17) is 0 Å². The molecule has 0 aliphatic rings. The number of thiophene rings is 2. The first-order valence-electron chi connectivity index (χ1n) is 18.7. The van der Waals surface area contributed by atoms with Crippen LogP contribution >= 0.6 is 22.7 Å². The highest BCUT2D eigenvalue weighted by molar-refractivity contribution is 7.26. The number of benzene rings is 9. The van der Waals surface area contributed by atoms with E-state index >= 15 is 0 Å². The number of anilines is 3. The summed E-state index contributed by atoms with van der Waals surface area (Å²) in [7, 11) is 0. The zero-order valence-corrected chi connectivity index (χ0v) is 31.4. The van der Waals surface area contributed by atoms with Gasteiger partial charge in [-0.05, 0) is 87.1 Å². The van der Waals surface area contributed by atoms with E-state index < -0.39 is 0 Å². The number of fused-ring (bicyclic) bond motifs is 7. The van der Waals surface area contributed by atoms with Gasteiger partial charge in [-0.25, -0.2) is 0 Å². The van der Waals surface area contributed by atoms with Crippen molar-refractivity contribution in [1.82, 2.24) is 0 Å². The smallest absolute Gasteiger partial charge is 0.0540 e. The summed E-state index contributed by atoms with van der Waals surface area (Å²) < 4.78 is 5.28. The van der Waals surface area contributed by atoms with Crippen molar-refractivity contribution in [3.63, 3.8) is 0 Å². The van der Waals surface area contributed by atoms with Crippen molar-refractivity contribution in [3.05, 3.63) is 200 Å². The molecule has 0 amide bonds. The Kier molecular flexibility index (Phi) is 7.61. The zero-order chi connectivity index (χ0) is 36.3. The summed E-state index contributed by atoms with van der Waals surface area (Å²) in [6.07, 6.45) is 0. The molecule has 3 heteroatoms. The highest BCUT2D eigenvalue weighted by atomic mass is 32.1.